The molecule has 1 aliphatic heterocycles. The van der Waals surface area contributed by atoms with Gasteiger partial charge in [0.1, 0.15) is 5.82 Å². The minimum atomic E-state index is -0.481. The molecule has 2 aliphatic carbocycles. The maximum absolute atomic E-state index is 14.8. The Morgan fingerprint density at radius 2 is 0.973 bits per heavy atom. The van der Waals surface area contributed by atoms with Crippen molar-refractivity contribution in [2.75, 3.05) is 7.11 Å². The van der Waals surface area contributed by atoms with Crippen LogP contribution in [0.25, 0.3) is 11.1 Å². The van der Waals surface area contributed by atoms with Gasteiger partial charge in [-0.15, -0.1) is 0 Å². The van der Waals surface area contributed by atoms with Crippen LogP contribution in [0.2, 0.25) is 0 Å². The number of carbonyl (C=O) groups excluding carboxylic acids is 1. The standard InChI is InChI=1S/C35H43FO3.C32H47BO3/c1-6-35(7-2,29-13-12-26(24(3)20-29)16-19-34(38)17-8-9-18-34)30-14-15-31(25(4)21-30)27-10-11-28(32(36)22-27)23-33(37)39-5;1-9-32(10-2,26-14-13-25(23(3)21-26)17-20-31(34)18-11-12-19-31)27-15-16-28(24(4)22-27)33-35-29(5,6)30(7,8)36-33/h10-15,20-22,38H,6-9,16-19,23H2,1-5H3;13-16,21-22,34H,9-12,17-20H2,1-8H3. The van der Waals surface area contributed by atoms with Gasteiger partial charge in [-0.05, 0) is 211 Å². The molecule has 75 heavy (non-hydrogen) atoms. The van der Waals surface area contributed by atoms with Crippen molar-refractivity contribution in [1.82, 2.24) is 0 Å². The number of rotatable bonds is 18. The van der Waals surface area contributed by atoms with Crippen LogP contribution < -0.4 is 5.46 Å². The van der Waals surface area contributed by atoms with Crippen molar-refractivity contribution >= 4 is 18.6 Å². The molecule has 0 atom stereocenters. The van der Waals surface area contributed by atoms with Gasteiger partial charge < -0.3 is 24.3 Å². The van der Waals surface area contributed by atoms with Gasteiger partial charge in [0.15, 0.2) is 0 Å². The summed E-state index contributed by atoms with van der Waals surface area (Å²) in [7, 11) is 0.974. The first-order valence-electron chi connectivity index (χ1n) is 28.6. The second kappa shape index (κ2) is 23.6. The molecule has 1 saturated heterocycles. The molecule has 0 aromatic heterocycles. The molecule has 0 radical (unpaired) electrons. The summed E-state index contributed by atoms with van der Waals surface area (Å²) in [6.45, 7) is 26.2. The summed E-state index contributed by atoms with van der Waals surface area (Å²) < 4.78 is 32.2. The number of halogens is 1. The molecule has 1 heterocycles. The zero-order valence-corrected chi connectivity index (χ0v) is 48.2. The lowest BCUT2D eigenvalue weighted by molar-refractivity contribution is -0.139. The van der Waals surface area contributed by atoms with E-state index in [1.807, 2.05) is 6.07 Å². The van der Waals surface area contributed by atoms with Crippen molar-refractivity contribution in [3.63, 3.8) is 0 Å². The van der Waals surface area contributed by atoms with E-state index in [4.69, 9.17) is 9.31 Å². The van der Waals surface area contributed by atoms with Gasteiger partial charge in [-0.25, -0.2) is 4.39 Å². The lowest BCUT2D eigenvalue weighted by Gasteiger charge is -2.34. The molecule has 404 valence electrons. The molecule has 0 amide bonds. The predicted octanol–water partition coefficient (Wildman–Crippen LogP) is 15.1. The van der Waals surface area contributed by atoms with Crippen LogP contribution in [0, 0.1) is 33.5 Å². The molecule has 2 saturated carbocycles. The predicted molar refractivity (Wildman–Crippen MR) is 308 cm³/mol. The zero-order chi connectivity index (χ0) is 54.6. The normalized spacial score (nSPS) is 17.7. The van der Waals surface area contributed by atoms with Crippen LogP contribution >= 0.6 is 0 Å². The molecular formula is C67H90BFO6. The topological polar surface area (TPSA) is 85.2 Å². The van der Waals surface area contributed by atoms with Gasteiger partial charge in [0.05, 0.1) is 35.9 Å². The van der Waals surface area contributed by atoms with E-state index >= 15 is 0 Å². The molecular weight excluding hydrogens is 931 g/mol. The summed E-state index contributed by atoms with van der Waals surface area (Å²) in [6.07, 6.45) is 15.9. The summed E-state index contributed by atoms with van der Waals surface area (Å²) in [5.41, 5.74) is 14.4. The highest BCUT2D eigenvalue weighted by atomic mass is 19.1. The summed E-state index contributed by atoms with van der Waals surface area (Å²) in [6, 6.07) is 32.4. The van der Waals surface area contributed by atoms with E-state index in [2.05, 4.69) is 161 Å². The summed E-state index contributed by atoms with van der Waals surface area (Å²) in [5.74, 6) is -0.847. The van der Waals surface area contributed by atoms with E-state index in [0.717, 1.165) is 125 Å². The second-order valence-corrected chi connectivity index (χ2v) is 24.0. The molecule has 2 N–H and O–H groups in total. The minimum absolute atomic E-state index is 0.0355. The third-order valence-corrected chi connectivity index (χ3v) is 19.0. The Labute approximate surface area is 451 Å². The number of hydrogen-bond donors (Lipinski definition) is 2. The molecule has 0 bridgehead atoms. The fraction of sp³-hybridized carbons (Fsp3) is 0.537. The van der Waals surface area contributed by atoms with Gasteiger partial charge >= 0.3 is 13.1 Å². The first-order valence-corrected chi connectivity index (χ1v) is 28.6. The highest BCUT2D eigenvalue weighted by Gasteiger charge is 2.52. The largest absolute Gasteiger partial charge is 0.495 e. The molecule has 5 aromatic rings. The summed E-state index contributed by atoms with van der Waals surface area (Å²) in [5, 5.41) is 21.6. The summed E-state index contributed by atoms with van der Waals surface area (Å²) >= 11 is 0. The van der Waals surface area contributed by atoms with E-state index in [9.17, 15) is 19.4 Å². The van der Waals surface area contributed by atoms with Crippen LogP contribution in [0.5, 0.6) is 0 Å². The molecule has 8 heteroatoms. The average molecular weight is 1020 g/mol. The first-order chi connectivity index (χ1) is 35.5. The van der Waals surface area contributed by atoms with Crippen molar-refractivity contribution in [3.8, 4) is 11.1 Å². The molecule has 0 unspecified atom stereocenters. The van der Waals surface area contributed by atoms with Gasteiger partial charge in [0, 0.05) is 10.8 Å². The fourth-order valence-corrected chi connectivity index (χ4v) is 12.9. The zero-order valence-electron chi connectivity index (χ0n) is 48.2. The Morgan fingerprint density at radius 3 is 1.36 bits per heavy atom. The van der Waals surface area contributed by atoms with Crippen LogP contribution in [0.1, 0.15) is 206 Å². The molecule has 3 aliphatic rings. The van der Waals surface area contributed by atoms with Crippen molar-refractivity contribution in [2.24, 2.45) is 0 Å². The van der Waals surface area contributed by atoms with Crippen molar-refractivity contribution in [3.05, 3.63) is 158 Å². The van der Waals surface area contributed by atoms with Crippen LogP contribution in [0.4, 0.5) is 4.39 Å². The third kappa shape index (κ3) is 12.4. The van der Waals surface area contributed by atoms with Gasteiger partial charge in [-0.1, -0.05) is 144 Å². The Morgan fingerprint density at radius 1 is 0.573 bits per heavy atom. The maximum Gasteiger partial charge on any atom is 0.495 e. The van der Waals surface area contributed by atoms with Crippen LogP contribution in [0.3, 0.4) is 0 Å². The van der Waals surface area contributed by atoms with E-state index in [0.29, 0.717) is 5.56 Å². The molecule has 6 nitrogen and oxygen atoms in total. The van der Waals surface area contributed by atoms with E-state index in [1.165, 1.54) is 63.2 Å². The van der Waals surface area contributed by atoms with E-state index < -0.39 is 23.0 Å². The third-order valence-electron chi connectivity index (χ3n) is 19.0. The van der Waals surface area contributed by atoms with Gasteiger partial charge in [-0.2, -0.15) is 0 Å². The van der Waals surface area contributed by atoms with Crippen molar-refractivity contribution in [2.45, 2.75) is 225 Å². The number of esters is 1. The SMILES string of the molecule is CCC(CC)(c1ccc(CCC2(O)CCCC2)c(C)c1)c1ccc(-c2ccc(CC(=O)OC)c(F)c2)c(C)c1.CCC(CC)(c1ccc(CCC2(O)CCCC2)c(C)c1)c1ccc(B2OC(C)(C)C(C)(C)O2)c(C)c1. The number of hydrogen-bond acceptors (Lipinski definition) is 6. The lowest BCUT2D eigenvalue weighted by Crippen LogP contribution is -2.41. The highest BCUT2D eigenvalue weighted by molar-refractivity contribution is 6.62. The van der Waals surface area contributed by atoms with Crippen LogP contribution in [0.15, 0.2) is 91.0 Å². The Balaban J connectivity index is 0.000000219. The summed E-state index contributed by atoms with van der Waals surface area (Å²) in [4.78, 5) is 11.6. The number of aliphatic hydroxyl groups is 2. The van der Waals surface area contributed by atoms with E-state index in [-0.39, 0.29) is 35.6 Å². The van der Waals surface area contributed by atoms with Gasteiger partial charge in [0.2, 0.25) is 0 Å². The smallest absolute Gasteiger partial charge is 0.469 e. The molecule has 3 fully saturated rings. The number of methoxy groups -OCH3 is 1. The molecule has 0 spiro atoms. The number of ether oxygens (including phenoxy) is 1. The number of benzene rings is 5. The lowest BCUT2D eigenvalue weighted by atomic mass is 9.67. The van der Waals surface area contributed by atoms with Crippen LogP contribution in [-0.4, -0.2) is 52.8 Å². The average Bonchev–Trinajstić information content (AvgIpc) is 4.08. The Hall–Kier alpha value is -4.60. The number of aryl methyl sites for hydroxylation is 6. The quantitative estimate of drug-likeness (QED) is 0.0672. The molecule has 8 rings (SSSR count). The Kier molecular flexibility index (Phi) is 18.3. The maximum atomic E-state index is 14.8. The highest BCUT2D eigenvalue weighted by Crippen LogP contribution is 2.44. The van der Waals surface area contributed by atoms with Crippen LogP contribution in [-0.2, 0) is 48.9 Å². The second-order valence-electron chi connectivity index (χ2n) is 24.0. The van der Waals surface area contributed by atoms with E-state index in [1.54, 1.807) is 6.07 Å². The van der Waals surface area contributed by atoms with Crippen molar-refractivity contribution in [1.29, 1.82) is 0 Å². The minimum Gasteiger partial charge on any atom is -0.469 e. The first kappa shape index (κ1) is 58.1. The van der Waals surface area contributed by atoms with Gasteiger partial charge in [0.25, 0.3) is 0 Å². The Bertz CT molecular complexity index is 2750. The molecule has 5 aromatic carbocycles. The fourth-order valence-electron chi connectivity index (χ4n) is 12.9. The van der Waals surface area contributed by atoms with Gasteiger partial charge in [-0.3, -0.25) is 4.79 Å². The van der Waals surface area contributed by atoms with Crippen molar-refractivity contribution < 1.29 is 33.4 Å². The monoisotopic (exact) mass is 1020 g/mol. The number of carbonyl (C=O) groups is 1.